The van der Waals surface area contributed by atoms with Crippen LogP contribution in [0.2, 0.25) is 0 Å². The van der Waals surface area contributed by atoms with E-state index < -0.39 is 20.0 Å². The molecule has 0 aromatic rings. The lowest BCUT2D eigenvalue weighted by molar-refractivity contribution is -0.870. The van der Waals surface area contributed by atoms with E-state index in [1.54, 1.807) is 6.08 Å². The molecule has 0 aromatic heterocycles. The molecule has 9 heteroatoms. The van der Waals surface area contributed by atoms with Crippen LogP contribution in [0.5, 0.6) is 0 Å². The first-order chi connectivity index (χ1) is 24.0. The Bertz CT molecular complexity index is 876. The number of aliphatic hydroxyl groups excluding tert-OH is 1. The Kier molecular flexibility index (Phi) is 33.1. The molecule has 1 amide bonds. The number of hydrogen-bond acceptors (Lipinski definition) is 6. The largest absolute Gasteiger partial charge is 0.756 e. The summed E-state index contributed by atoms with van der Waals surface area (Å²) < 4.78 is 23.1. The van der Waals surface area contributed by atoms with E-state index in [0.717, 1.165) is 51.4 Å². The van der Waals surface area contributed by atoms with Gasteiger partial charge in [-0.15, -0.1) is 0 Å². The fourth-order valence-corrected chi connectivity index (χ4v) is 6.52. The molecule has 8 nitrogen and oxygen atoms in total. The van der Waals surface area contributed by atoms with Gasteiger partial charge < -0.3 is 28.8 Å². The first-order valence-corrected chi connectivity index (χ1v) is 22.2. The highest BCUT2D eigenvalue weighted by molar-refractivity contribution is 7.45. The maximum absolute atomic E-state index is 12.8. The molecule has 2 N–H and O–H groups in total. The van der Waals surface area contributed by atoms with E-state index in [9.17, 15) is 19.4 Å². The number of phosphoric ester groups is 1. The van der Waals surface area contributed by atoms with Crippen molar-refractivity contribution in [1.82, 2.24) is 5.32 Å². The van der Waals surface area contributed by atoms with Gasteiger partial charge in [-0.05, 0) is 44.9 Å². The van der Waals surface area contributed by atoms with E-state index in [1.807, 2.05) is 27.2 Å². The standard InChI is InChI=1S/C41H81N2O6P/c1-6-8-10-12-14-16-18-20-21-22-23-24-26-28-30-32-34-40(44)39(38-49-50(46,47)48-37-36-43(3,4)5)42-41(45)35-33-31-29-27-25-19-17-15-13-11-9-7-2/h15,17,32,34,39-40,44H,6-14,16,18-31,33,35-38H2,1-5H3,(H-,42,45,46,47)/b17-15-,34-32+. The van der Waals surface area contributed by atoms with Crippen LogP contribution in [-0.2, 0) is 18.4 Å². The Hall–Kier alpha value is -1.02. The van der Waals surface area contributed by atoms with Crippen molar-refractivity contribution in [2.24, 2.45) is 0 Å². The van der Waals surface area contributed by atoms with Crippen molar-refractivity contribution in [3.63, 3.8) is 0 Å². The number of amides is 1. The third kappa shape index (κ3) is 35.4. The van der Waals surface area contributed by atoms with Gasteiger partial charge in [-0.1, -0.05) is 154 Å². The van der Waals surface area contributed by atoms with Crippen molar-refractivity contribution in [2.75, 3.05) is 40.9 Å². The number of rotatable bonds is 37. The number of likely N-dealkylation sites (N-methyl/N-ethyl adjacent to an activating group) is 1. The highest BCUT2D eigenvalue weighted by atomic mass is 31.2. The van der Waals surface area contributed by atoms with Crippen molar-refractivity contribution in [3.05, 3.63) is 24.3 Å². The van der Waals surface area contributed by atoms with Crippen LogP contribution >= 0.6 is 7.82 Å². The van der Waals surface area contributed by atoms with E-state index in [4.69, 9.17) is 9.05 Å². The monoisotopic (exact) mass is 729 g/mol. The molecule has 0 fully saturated rings. The predicted octanol–water partition coefficient (Wildman–Crippen LogP) is 10.3. The van der Waals surface area contributed by atoms with Crippen molar-refractivity contribution < 1.29 is 32.9 Å². The summed E-state index contributed by atoms with van der Waals surface area (Å²) in [6.45, 7) is 4.60. The number of unbranched alkanes of at least 4 members (excludes halogenated alkanes) is 22. The molecule has 296 valence electrons. The van der Waals surface area contributed by atoms with E-state index in [-0.39, 0.29) is 19.1 Å². The molecule has 0 bridgehead atoms. The van der Waals surface area contributed by atoms with Crippen LogP contribution in [-0.4, -0.2) is 68.5 Å². The van der Waals surface area contributed by atoms with Crippen molar-refractivity contribution in [3.8, 4) is 0 Å². The number of nitrogens with one attached hydrogen (secondary N) is 1. The summed E-state index contributed by atoms with van der Waals surface area (Å²) in [5, 5.41) is 13.7. The van der Waals surface area contributed by atoms with Gasteiger partial charge in [-0.25, -0.2) is 0 Å². The minimum absolute atomic E-state index is 0.00179. The van der Waals surface area contributed by atoms with Crippen molar-refractivity contribution in [1.29, 1.82) is 0 Å². The Morgan fingerprint density at radius 1 is 0.680 bits per heavy atom. The number of nitrogens with zero attached hydrogens (tertiary/aromatic N) is 1. The molecule has 0 saturated heterocycles. The summed E-state index contributed by atoms with van der Waals surface area (Å²) in [7, 11) is 1.25. The second kappa shape index (κ2) is 33.8. The van der Waals surface area contributed by atoms with E-state index in [2.05, 4.69) is 31.3 Å². The van der Waals surface area contributed by atoms with Crippen LogP contribution in [0.1, 0.15) is 181 Å². The zero-order valence-corrected chi connectivity index (χ0v) is 34.2. The van der Waals surface area contributed by atoms with Crippen LogP contribution in [0.3, 0.4) is 0 Å². The number of allylic oxidation sites excluding steroid dienone is 3. The molecule has 50 heavy (non-hydrogen) atoms. The molecule has 0 spiro atoms. The Morgan fingerprint density at radius 3 is 1.60 bits per heavy atom. The molecule has 0 heterocycles. The molecular weight excluding hydrogens is 647 g/mol. The smallest absolute Gasteiger partial charge is 0.268 e. The van der Waals surface area contributed by atoms with Crippen LogP contribution in [0.4, 0.5) is 0 Å². The summed E-state index contributed by atoms with van der Waals surface area (Å²) in [4.78, 5) is 25.2. The zero-order valence-electron chi connectivity index (χ0n) is 33.4. The number of carbonyl (C=O) groups is 1. The highest BCUT2D eigenvalue weighted by Crippen LogP contribution is 2.38. The first-order valence-electron chi connectivity index (χ1n) is 20.7. The van der Waals surface area contributed by atoms with Gasteiger partial charge in [-0.2, -0.15) is 0 Å². The molecule has 0 aromatic carbocycles. The van der Waals surface area contributed by atoms with Gasteiger partial charge in [0.25, 0.3) is 7.82 Å². The summed E-state index contributed by atoms with van der Waals surface area (Å²) in [6, 6.07) is -0.886. The molecule has 0 aliphatic rings. The van der Waals surface area contributed by atoms with Gasteiger partial charge in [0.15, 0.2) is 0 Å². The minimum atomic E-state index is -4.58. The summed E-state index contributed by atoms with van der Waals surface area (Å²) in [5.74, 6) is -0.209. The van der Waals surface area contributed by atoms with Crippen LogP contribution in [0.15, 0.2) is 24.3 Å². The maximum atomic E-state index is 12.8. The molecule has 3 atom stereocenters. The fraction of sp³-hybridized carbons (Fsp3) is 0.878. The number of carbonyl (C=O) groups excluding carboxylic acids is 1. The van der Waals surface area contributed by atoms with E-state index in [1.165, 1.54) is 109 Å². The first kappa shape index (κ1) is 49.0. The maximum Gasteiger partial charge on any atom is 0.268 e. The zero-order chi connectivity index (χ0) is 37.2. The third-order valence-corrected chi connectivity index (χ3v) is 10.1. The minimum Gasteiger partial charge on any atom is -0.756 e. The molecule has 3 unspecified atom stereocenters. The van der Waals surface area contributed by atoms with Gasteiger partial charge in [0.05, 0.1) is 39.9 Å². The molecule has 0 radical (unpaired) electrons. The lowest BCUT2D eigenvalue weighted by Crippen LogP contribution is -2.45. The molecule has 0 aliphatic heterocycles. The fourth-order valence-electron chi connectivity index (χ4n) is 5.79. The van der Waals surface area contributed by atoms with Crippen molar-refractivity contribution in [2.45, 2.75) is 193 Å². The van der Waals surface area contributed by atoms with Crippen LogP contribution in [0.25, 0.3) is 0 Å². The topological polar surface area (TPSA) is 108 Å². The molecule has 0 rings (SSSR count). The summed E-state index contributed by atoms with van der Waals surface area (Å²) >= 11 is 0. The molecular formula is C41H81N2O6P. The Labute approximate surface area is 309 Å². The van der Waals surface area contributed by atoms with Gasteiger partial charge in [0.1, 0.15) is 13.2 Å². The van der Waals surface area contributed by atoms with E-state index in [0.29, 0.717) is 17.4 Å². The number of hydrogen-bond donors (Lipinski definition) is 2. The van der Waals surface area contributed by atoms with Crippen LogP contribution < -0.4 is 10.2 Å². The SMILES string of the molecule is CCCCC/C=C\CCCCCCCC(=O)NC(COP(=O)([O-])OCC[N+](C)(C)C)C(O)/C=C/CCCCCCCCCCCCCCCC. The van der Waals surface area contributed by atoms with Crippen molar-refractivity contribution >= 4 is 13.7 Å². The Balaban J connectivity index is 4.49. The third-order valence-electron chi connectivity index (χ3n) is 9.16. The summed E-state index contributed by atoms with van der Waals surface area (Å²) in [5.41, 5.74) is 0. The van der Waals surface area contributed by atoms with E-state index >= 15 is 0 Å². The predicted molar refractivity (Wildman–Crippen MR) is 210 cm³/mol. The second-order valence-electron chi connectivity index (χ2n) is 15.3. The van der Waals surface area contributed by atoms with Gasteiger partial charge in [0, 0.05) is 6.42 Å². The highest BCUT2D eigenvalue weighted by Gasteiger charge is 2.23. The van der Waals surface area contributed by atoms with Crippen LogP contribution in [0, 0.1) is 0 Å². The second-order valence-corrected chi connectivity index (χ2v) is 16.8. The lowest BCUT2D eigenvalue weighted by atomic mass is 10.0. The van der Waals surface area contributed by atoms with Gasteiger partial charge >= 0.3 is 0 Å². The molecule has 0 saturated carbocycles. The Morgan fingerprint density at radius 2 is 1.10 bits per heavy atom. The normalized spacial score (nSPS) is 14.8. The molecule has 0 aliphatic carbocycles. The quantitative estimate of drug-likeness (QED) is 0.0285. The van der Waals surface area contributed by atoms with Gasteiger partial charge in [0.2, 0.25) is 5.91 Å². The number of aliphatic hydroxyl groups is 1. The number of quaternary nitrogens is 1. The average molecular weight is 729 g/mol. The summed E-state index contributed by atoms with van der Waals surface area (Å²) in [6.07, 6.45) is 37.8. The average Bonchev–Trinajstić information content (AvgIpc) is 3.06. The van der Waals surface area contributed by atoms with Gasteiger partial charge in [-0.3, -0.25) is 9.36 Å². The lowest BCUT2D eigenvalue weighted by Gasteiger charge is -2.29. The number of phosphoric acid groups is 1.